The summed E-state index contributed by atoms with van der Waals surface area (Å²) in [5, 5.41) is 5.29. The highest BCUT2D eigenvalue weighted by atomic mass is 16.5. The van der Waals surface area contributed by atoms with E-state index in [2.05, 4.69) is 25.5 Å². The van der Waals surface area contributed by atoms with Crippen molar-refractivity contribution in [3.63, 3.8) is 0 Å². The molecular formula is C20H19N5O3. The predicted molar refractivity (Wildman–Crippen MR) is 109 cm³/mol. The third-order valence-corrected chi connectivity index (χ3v) is 4.40. The van der Waals surface area contributed by atoms with Gasteiger partial charge in [-0.2, -0.15) is 5.10 Å². The Balaban J connectivity index is 1.68. The van der Waals surface area contributed by atoms with Gasteiger partial charge < -0.3 is 19.2 Å². The van der Waals surface area contributed by atoms with E-state index in [1.807, 2.05) is 36.4 Å². The normalized spacial score (nSPS) is 11.2. The maximum atomic E-state index is 5.41. The van der Waals surface area contributed by atoms with Crippen molar-refractivity contribution >= 4 is 34.0 Å². The second kappa shape index (κ2) is 7.43. The zero-order chi connectivity index (χ0) is 19.5. The highest BCUT2D eigenvalue weighted by molar-refractivity contribution is 6.08. The van der Waals surface area contributed by atoms with Crippen molar-refractivity contribution in [2.45, 2.75) is 0 Å². The summed E-state index contributed by atoms with van der Waals surface area (Å²) in [5.74, 6) is 2.59. The van der Waals surface area contributed by atoms with Gasteiger partial charge in [-0.1, -0.05) is 6.07 Å². The lowest BCUT2D eigenvalue weighted by atomic mass is 10.2. The van der Waals surface area contributed by atoms with Gasteiger partial charge in [0, 0.05) is 17.0 Å². The van der Waals surface area contributed by atoms with E-state index < -0.39 is 0 Å². The third-order valence-electron chi connectivity index (χ3n) is 4.40. The number of hydrazone groups is 1. The second-order valence-corrected chi connectivity index (χ2v) is 5.94. The van der Waals surface area contributed by atoms with Crippen LogP contribution in [0.4, 0.5) is 5.82 Å². The number of anilines is 1. The van der Waals surface area contributed by atoms with E-state index in [-0.39, 0.29) is 0 Å². The number of aromatic nitrogens is 3. The molecule has 0 bridgehead atoms. The average molecular weight is 377 g/mol. The van der Waals surface area contributed by atoms with Gasteiger partial charge in [0.25, 0.3) is 0 Å². The molecule has 0 aliphatic heterocycles. The molecular weight excluding hydrogens is 358 g/mol. The Labute approximate surface area is 161 Å². The van der Waals surface area contributed by atoms with E-state index in [1.165, 1.54) is 6.33 Å². The second-order valence-electron chi connectivity index (χ2n) is 5.94. The third kappa shape index (κ3) is 3.05. The van der Waals surface area contributed by atoms with Gasteiger partial charge in [0.15, 0.2) is 17.3 Å². The number of hydrogen-bond acceptors (Lipinski definition) is 7. The lowest BCUT2D eigenvalue weighted by Gasteiger charge is -2.09. The molecule has 2 aromatic heterocycles. The maximum Gasteiger partial charge on any atom is 0.174 e. The molecule has 0 saturated carbocycles. The fraction of sp³-hybridized carbons (Fsp3) is 0.150. The van der Waals surface area contributed by atoms with E-state index in [9.17, 15) is 0 Å². The molecule has 0 fully saturated rings. The Kier molecular flexibility index (Phi) is 4.67. The minimum atomic E-state index is 0.568. The summed E-state index contributed by atoms with van der Waals surface area (Å²) in [6.07, 6.45) is 3.16. The highest BCUT2D eigenvalue weighted by Crippen LogP contribution is 2.31. The van der Waals surface area contributed by atoms with Crippen molar-refractivity contribution in [2.24, 2.45) is 5.10 Å². The van der Waals surface area contributed by atoms with Crippen LogP contribution in [0.15, 0.2) is 47.8 Å². The summed E-state index contributed by atoms with van der Waals surface area (Å²) < 4.78 is 16.0. The predicted octanol–water partition coefficient (Wildman–Crippen LogP) is 3.58. The number of hydrogen-bond donors (Lipinski definition) is 2. The molecule has 2 heterocycles. The Morgan fingerprint density at radius 2 is 1.93 bits per heavy atom. The number of para-hydroxylation sites is 1. The van der Waals surface area contributed by atoms with Crippen LogP contribution in [-0.2, 0) is 0 Å². The van der Waals surface area contributed by atoms with Crippen molar-refractivity contribution in [3.05, 3.63) is 48.3 Å². The van der Waals surface area contributed by atoms with E-state index in [0.29, 0.717) is 17.3 Å². The van der Waals surface area contributed by atoms with E-state index in [1.54, 1.807) is 27.5 Å². The van der Waals surface area contributed by atoms with E-state index in [0.717, 1.165) is 33.2 Å². The van der Waals surface area contributed by atoms with Gasteiger partial charge in [-0.05, 0) is 24.3 Å². The monoisotopic (exact) mass is 377 g/mol. The molecule has 0 spiro atoms. The summed E-state index contributed by atoms with van der Waals surface area (Å²) in [7, 11) is 4.83. The smallest absolute Gasteiger partial charge is 0.174 e. The lowest BCUT2D eigenvalue weighted by Crippen LogP contribution is -1.98. The molecule has 2 aromatic carbocycles. The Morgan fingerprint density at radius 1 is 1.04 bits per heavy atom. The van der Waals surface area contributed by atoms with Gasteiger partial charge in [-0.3, -0.25) is 5.43 Å². The first-order valence-corrected chi connectivity index (χ1v) is 8.55. The number of methoxy groups -OCH3 is 3. The van der Waals surface area contributed by atoms with Crippen LogP contribution in [0.3, 0.4) is 0 Å². The van der Waals surface area contributed by atoms with Crippen molar-refractivity contribution in [3.8, 4) is 17.2 Å². The maximum absolute atomic E-state index is 5.41. The first-order chi connectivity index (χ1) is 13.7. The van der Waals surface area contributed by atoms with Crippen LogP contribution in [-0.4, -0.2) is 42.5 Å². The van der Waals surface area contributed by atoms with Gasteiger partial charge in [-0.25, -0.2) is 9.97 Å². The molecule has 8 nitrogen and oxygen atoms in total. The number of H-pyrrole nitrogens is 1. The Bertz CT molecular complexity index is 1170. The van der Waals surface area contributed by atoms with E-state index >= 15 is 0 Å². The minimum absolute atomic E-state index is 0.568. The molecule has 0 saturated heterocycles. The van der Waals surface area contributed by atoms with Crippen LogP contribution in [0.1, 0.15) is 5.56 Å². The molecule has 28 heavy (non-hydrogen) atoms. The van der Waals surface area contributed by atoms with Crippen molar-refractivity contribution in [2.75, 3.05) is 26.8 Å². The van der Waals surface area contributed by atoms with Crippen LogP contribution in [0.5, 0.6) is 17.2 Å². The van der Waals surface area contributed by atoms with Gasteiger partial charge in [0.1, 0.15) is 23.1 Å². The summed E-state index contributed by atoms with van der Waals surface area (Å²) in [4.78, 5) is 12.0. The fourth-order valence-corrected chi connectivity index (χ4v) is 3.06. The van der Waals surface area contributed by atoms with Crippen molar-refractivity contribution in [1.82, 2.24) is 15.0 Å². The molecule has 0 unspecified atom stereocenters. The summed E-state index contributed by atoms with van der Waals surface area (Å²) in [6, 6.07) is 11.4. The molecule has 2 N–H and O–H groups in total. The lowest BCUT2D eigenvalue weighted by molar-refractivity contribution is 0.354. The van der Waals surface area contributed by atoms with Crippen LogP contribution in [0.25, 0.3) is 21.9 Å². The number of benzene rings is 2. The summed E-state index contributed by atoms with van der Waals surface area (Å²) in [5.41, 5.74) is 6.24. The van der Waals surface area contributed by atoms with Gasteiger partial charge in [0.05, 0.1) is 33.1 Å². The average Bonchev–Trinajstić information content (AvgIpc) is 3.12. The number of fused-ring (bicyclic) bond motifs is 3. The van der Waals surface area contributed by atoms with Crippen molar-refractivity contribution < 1.29 is 14.2 Å². The van der Waals surface area contributed by atoms with Crippen LogP contribution >= 0.6 is 0 Å². The number of rotatable bonds is 6. The largest absolute Gasteiger partial charge is 0.497 e. The standard InChI is InChI=1S/C20H19N5O3/c1-26-13-7-8-14-15(9-13)24-18-17(14)21-11-22-20(18)25-23-10-12-5-4-6-16(27-2)19(12)28-3/h4-11,24H,1-3H3,(H,21,22,25). The molecule has 0 aliphatic carbocycles. The topological polar surface area (TPSA) is 93.7 Å². The van der Waals surface area contributed by atoms with Crippen LogP contribution in [0.2, 0.25) is 0 Å². The SMILES string of the molecule is COc1ccc2c(c1)[nH]c1c(NN=Cc3cccc(OC)c3OC)ncnc12. The van der Waals surface area contributed by atoms with Gasteiger partial charge in [0.2, 0.25) is 0 Å². The van der Waals surface area contributed by atoms with Crippen LogP contribution < -0.4 is 19.6 Å². The zero-order valence-corrected chi connectivity index (χ0v) is 15.7. The molecule has 0 atom stereocenters. The first kappa shape index (κ1) is 17.6. The Morgan fingerprint density at radius 3 is 2.71 bits per heavy atom. The summed E-state index contributed by atoms with van der Waals surface area (Å²) in [6.45, 7) is 0. The quantitative estimate of drug-likeness (QED) is 0.394. The molecule has 0 radical (unpaired) electrons. The number of aromatic amines is 1. The minimum Gasteiger partial charge on any atom is -0.497 e. The Hall–Kier alpha value is -3.81. The first-order valence-electron chi connectivity index (χ1n) is 8.55. The van der Waals surface area contributed by atoms with Crippen molar-refractivity contribution in [1.29, 1.82) is 0 Å². The number of ether oxygens (including phenoxy) is 3. The van der Waals surface area contributed by atoms with Crippen LogP contribution in [0, 0.1) is 0 Å². The van der Waals surface area contributed by atoms with Gasteiger partial charge in [-0.15, -0.1) is 0 Å². The molecule has 0 amide bonds. The zero-order valence-electron chi connectivity index (χ0n) is 15.7. The molecule has 0 aliphatic rings. The molecule has 4 aromatic rings. The fourth-order valence-electron chi connectivity index (χ4n) is 3.06. The highest BCUT2D eigenvalue weighted by Gasteiger charge is 2.11. The molecule has 4 rings (SSSR count). The summed E-state index contributed by atoms with van der Waals surface area (Å²) >= 11 is 0. The number of nitrogens with zero attached hydrogens (tertiary/aromatic N) is 3. The molecule has 142 valence electrons. The van der Waals surface area contributed by atoms with Gasteiger partial charge >= 0.3 is 0 Å². The van der Waals surface area contributed by atoms with E-state index in [4.69, 9.17) is 14.2 Å². The molecule has 8 heteroatoms. The number of nitrogens with one attached hydrogen (secondary N) is 2.